The van der Waals surface area contributed by atoms with E-state index in [-0.39, 0.29) is 18.1 Å². The first-order valence-corrected chi connectivity index (χ1v) is 7.41. The summed E-state index contributed by atoms with van der Waals surface area (Å²) in [5, 5.41) is 12.8. The van der Waals surface area contributed by atoms with Crippen molar-refractivity contribution in [3.8, 4) is 5.75 Å². The van der Waals surface area contributed by atoms with Gasteiger partial charge in [0.2, 0.25) is 5.91 Å². The molecule has 2 aromatic rings. The summed E-state index contributed by atoms with van der Waals surface area (Å²) in [7, 11) is 1.59. The van der Waals surface area contributed by atoms with Crippen LogP contribution in [0, 0.1) is 5.82 Å². The van der Waals surface area contributed by atoms with Crippen molar-refractivity contribution in [2.24, 2.45) is 0 Å². The SMILES string of the molecule is COc1ccc(CC(=O)NCCC(O)c2ccc(F)cc2)cc1. The van der Waals surface area contributed by atoms with Gasteiger partial charge in [-0.1, -0.05) is 24.3 Å². The molecule has 2 N–H and O–H groups in total. The van der Waals surface area contributed by atoms with Crippen molar-refractivity contribution < 1.29 is 19.0 Å². The molecule has 0 heterocycles. The molecule has 0 spiro atoms. The molecule has 0 aliphatic heterocycles. The Hall–Kier alpha value is -2.40. The molecule has 2 aromatic carbocycles. The number of carbonyl (C=O) groups is 1. The number of hydrogen-bond donors (Lipinski definition) is 2. The molecule has 0 saturated carbocycles. The van der Waals surface area contributed by atoms with Gasteiger partial charge in [-0.3, -0.25) is 4.79 Å². The Morgan fingerprint density at radius 3 is 2.43 bits per heavy atom. The number of hydrogen-bond acceptors (Lipinski definition) is 3. The zero-order chi connectivity index (χ0) is 16.7. The van der Waals surface area contributed by atoms with Gasteiger partial charge in [-0.25, -0.2) is 4.39 Å². The molecule has 0 saturated heterocycles. The minimum atomic E-state index is -0.725. The second-order valence-corrected chi connectivity index (χ2v) is 5.23. The summed E-state index contributed by atoms with van der Waals surface area (Å²) >= 11 is 0. The fourth-order valence-electron chi connectivity index (χ4n) is 2.19. The van der Waals surface area contributed by atoms with E-state index in [2.05, 4.69) is 5.32 Å². The monoisotopic (exact) mass is 317 g/mol. The van der Waals surface area contributed by atoms with E-state index >= 15 is 0 Å². The van der Waals surface area contributed by atoms with Gasteiger partial charge in [0.15, 0.2) is 0 Å². The summed E-state index contributed by atoms with van der Waals surface area (Å²) < 4.78 is 17.9. The van der Waals surface area contributed by atoms with Crippen LogP contribution >= 0.6 is 0 Å². The molecule has 5 heteroatoms. The van der Waals surface area contributed by atoms with Crippen LogP contribution in [-0.2, 0) is 11.2 Å². The molecule has 122 valence electrons. The van der Waals surface area contributed by atoms with Crippen LogP contribution in [0.2, 0.25) is 0 Å². The highest BCUT2D eigenvalue weighted by Gasteiger charge is 2.09. The van der Waals surface area contributed by atoms with E-state index in [9.17, 15) is 14.3 Å². The van der Waals surface area contributed by atoms with Gasteiger partial charge < -0.3 is 15.2 Å². The Labute approximate surface area is 134 Å². The molecule has 0 aliphatic carbocycles. The van der Waals surface area contributed by atoms with Gasteiger partial charge in [-0.2, -0.15) is 0 Å². The highest BCUT2D eigenvalue weighted by Crippen LogP contribution is 2.16. The summed E-state index contributed by atoms with van der Waals surface area (Å²) in [5.41, 5.74) is 1.53. The van der Waals surface area contributed by atoms with Gasteiger partial charge in [0.1, 0.15) is 11.6 Å². The fraction of sp³-hybridized carbons (Fsp3) is 0.278. The molecule has 2 rings (SSSR count). The summed E-state index contributed by atoms with van der Waals surface area (Å²) in [6.07, 6.45) is -0.0757. The van der Waals surface area contributed by atoms with Crippen molar-refractivity contribution >= 4 is 5.91 Å². The molecule has 1 atom stereocenters. The second-order valence-electron chi connectivity index (χ2n) is 5.23. The number of rotatable bonds is 7. The van der Waals surface area contributed by atoms with Gasteiger partial charge >= 0.3 is 0 Å². The normalized spacial score (nSPS) is 11.8. The van der Waals surface area contributed by atoms with E-state index in [0.717, 1.165) is 11.3 Å². The average molecular weight is 317 g/mol. The number of ether oxygens (including phenoxy) is 1. The van der Waals surface area contributed by atoms with Gasteiger partial charge in [0.25, 0.3) is 0 Å². The molecule has 1 amide bonds. The quantitative estimate of drug-likeness (QED) is 0.825. The minimum absolute atomic E-state index is 0.110. The van der Waals surface area contributed by atoms with Gasteiger partial charge in [-0.15, -0.1) is 0 Å². The maximum Gasteiger partial charge on any atom is 0.224 e. The summed E-state index contributed by atoms with van der Waals surface area (Å²) in [6.45, 7) is 0.355. The molecule has 0 fully saturated rings. The number of amides is 1. The molecular formula is C18H20FNO3. The van der Waals surface area contributed by atoms with Crippen molar-refractivity contribution in [3.63, 3.8) is 0 Å². The average Bonchev–Trinajstić information content (AvgIpc) is 2.56. The third-order valence-corrected chi connectivity index (χ3v) is 3.52. The second kappa shape index (κ2) is 8.29. The standard InChI is InChI=1S/C18H20FNO3/c1-23-16-8-2-13(3-9-16)12-18(22)20-11-10-17(21)14-4-6-15(19)7-5-14/h2-9,17,21H,10-12H2,1H3,(H,20,22). The van der Waals surface area contributed by atoms with Crippen molar-refractivity contribution in [2.75, 3.05) is 13.7 Å². The first-order valence-electron chi connectivity index (χ1n) is 7.41. The molecule has 0 radical (unpaired) electrons. The molecule has 23 heavy (non-hydrogen) atoms. The Kier molecular flexibility index (Phi) is 6.11. The third kappa shape index (κ3) is 5.38. The molecule has 0 aromatic heterocycles. The third-order valence-electron chi connectivity index (χ3n) is 3.52. The molecule has 0 bridgehead atoms. The molecule has 4 nitrogen and oxygen atoms in total. The first kappa shape index (κ1) is 17.0. The number of methoxy groups -OCH3 is 1. The zero-order valence-corrected chi connectivity index (χ0v) is 13.0. The van der Waals surface area contributed by atoms with Crippen LogP contribution in [0.5, 0.6) is 5.75 Å². The number of benzene rings is 2. The summed E-state index contributed by atoms with van der Waals surface area (Å²) in [4.78, 5) is 11.9. The zero-order valence-electron chi connectivity index (χ0n) is 13.0. The fourth-order valence-corrected chi connectivity index (χ4v) is 2.19. The number of aliphatic hydroxyl groups is 1. The van der Waals surface area contributed by atoms with E-state index in [1.54, 1.807) is 31.4 Å². The van der Waals surface area contributed by atoms with Crippen LogP contribution in [0.1, 0.15) is 23.7 Å². The first-order chi connectivity index (χ1) is 11.1. The van der Waals surface area contributed by atoms with Crippen LogP contribution in [0.3, 0.4) is 0 Å². The maximum atomic E-state index is 12.8. The number of carbonyl (C=O) groups excluding carboxylic acids is 1. The van der Waals surface area contributed by atoms with E-state index < -0.39 is 6.10 Å². The highest BCUT2D eigenvalue weighted by molar-refractivity contribution is 5.78. The maximum absolute atomic E-state index is 12.8. The van der Waals surface area contributed by atoms with Crippen molar-refractivity contribution in [1.82, 2.24) is 5.32 Å². The largest absolute Gasteiger partial charge is 0.497 e. The van der Waals surface area contributed by atoms with Crippen LogP contribution in [-0.4, -0.2) is 24.7 Å². The van der Waals surface area contributed by atoms with Crippen molar-refractivity contribution in [1.29, 1.82) is 0 Å². The smallest absolute Gasteiger partial charge is 0.224 e. The molecule has 1 unspecified atom stereocenters. The van der Waals surface area contributed by atoms with Gasteiger partial charge in [-0.05, 0) is 41.8 Å². The predicted molar refractivity (Wildman–Crippen MR) is 85.7 cm³/mol. The van der Waals surface area contributed by atoms with Gasteiger partial charge in [0, 0.05) is 6.54 Å². The number of aliphatic hydroxyl groups excluding tert-OH is 1. The Morgan fingerprint density at radius 2 is 1.83 bits per heavy atom. The Bertz CT molecular complexity index is 626. The highest BCUT2D eigenvalue weighted by atomic mass is 19.1. The predicted octanol–water partition coefficient (Wildman–Crippen LogP) is 2.62. The van der Waals surface area contributed by atoms with Gasteiger partial charge in [0.05, 0.1) is 19.6 Å². The van der Waals surface area contributed by atoms with Crippen LogP contribution in [0.25, 0.3) is 0 Å². The summed E-state index contributed by atoms with van der Waals surface area (Å²) in [6, 6.07) is 13.0. The Balaban J connectivity index is 1.74. The minimum Gasteiger partial charge on any atom is -0.497 e. The molecule has 0 aliphatic rings. The lowest BCUT2D eigenvalue weighted by molar-refractivity contribution is -0.120. The van der Waals surface area contributed by atoms with Crippen molar-refractivity contribution in [2.45, 2.75) is 18.9 Å². The lowest BCUT2D eigenvalue weighted by Gasteiger charge is -2.12. The van der Waals surface area contributed by atoms with E-state index in [4.69, 9.17) is 4.74 Å². The van der Waals surface area contributed by atoms with Crippen LogP contribution < -0.4 is 10.1 Å². The van der Waals surface area contributed by atoms with E-state index in [1.807, 2.05) is 12.1 Å². The van der Waals surface area contributed by atoms with E-state index in [1.165, 1.54) is 12.1 Å². The number of nitrogens with one attached hydrogen (secondary N) is 1. The Morgan fingerprint density at radius 1 is 1.17 bits per heavy atom. The lowest BCUT2D eigenvalue weighted by atomic mass is 10.1. The van der Waals surface area contributed by atoms with Crippen LogP contribution in [0.4, 0.5) is 4.39 Å². The summed E-state index contributed by atoms with van der Waals surface area (Å²) in [5.74, 6) is 0.298. The molecular weight excluding hydrogens is 297 g/mol. The van der Waals surface area contributed by atoms with Crippen molar-refractivity contribution in [3.05, 3.63) is 65.5 Å². The van der Waals surface area contributed by atoms with Crippen LogP contribution in [0.15, 0.2) is 48.5 Å². The van der Waals surface area contributed by atoms with E-state index in [0.29, 0.717) is 18.5 Å². The lowest BCUT2D eigenvalue weighted by Crippen LogP contribution is -2.27. The topological polar surface area (TPSA) is 58.6 Å². The number of halogens is 1.